The Labute approximate surface area is 106 Å². The summed E-state index contributed by atoms with van der Waals surface area (Å²) in [5.74, 6) is 0. The first-order chi connectivity index (χ1) is 8.16. The van der Waals surface area contributed by atoms with Gasteiger partial charge in [0.2, 0.25) is 0 Å². The minimum atomic E-state index is 1.00. The Morgan fingerprint density at radius 3 is 2.82 bits per heavy atom. The Morgan fingerprint density at radius 2 is 2.00 bits per heavy atom. The molecule has 0 aliphatic heterocycles. The van der Waals surface area contributed by atoms with Crippen molar-refractivity contribution in [1.82, 2.24) is 0 Å². The van der Waals surface area contributed by atoms with Crippen LogP contribution in [0.3, 0.4) is 0 Å². The predicted octanol–water partition coefficient (Wildman–Crippen LogP) is 4.10. The molecule has 0 bridgehead atoms. The summed E-state index contributed by atoms with van der Waals surface area (Å²) in [5.41, 5.74) is 13.0. The van der Waals surface area contributed by atoms with E-state index in [0.29, 0.717) is 0 Å². The van der Waals surface area contributed by atoms with E-state index >= 15 is 0 Å². The van der Waals surface area contributed by atoms with Gasteiger partial charge in [0.25, 0.3) is 0 Å². The third-order valence-corrected chi connectivity index (χ3v) is 4.73. The molecule has 2 heteroatoms. The van der Waals surface area contributed by atoms with Gasteiger partial charge in [-0.15, -0.1) is 11.3 Å². The lowest BCUT2D eigenvalue weighted by Gasteiger charge is -2.09. The Kier molecular flexibility index (Phi) is 2.48. The molecule has 1 heterocycles. The second-order valence-electron chi connectivity index (χ2n) is 4.91. The minimum absolute atomic E-state index is 1.00. The zero-order valence-corrected chi connectivity index (χ0v) is 11.2. The predicted molar refractivity (Wildman–Crippen MR) is 75.7 cm³/mol. The minimum Gasteiger partial charge on any atom is -0.390 e. The molecular formula is C15H17NS. The number of aryl methyl sites for hydroxylation is 3. The van der Waals surface area contributed by atoms with Gasteiger partial charge in [-0.1, -0.05) is 23.8 Å². The number of hydrogen-bond donors (Lipinski definition) is 1. The topological polar surface area (TPSA) is 26.0 Å². The van der Waals surface area contributed by atoms with Gasteiger partial charge < -0.3 is 5.73 Å². The highest BCUT2D eigenvalue weighted by molar-refractivity contribution is 7.16. The van der Waals surface area contributed by atoms with Crippen LogP contribution in [0.15, 0.2) is 18.2 Å². The van der Waals surface area contributed by atoms with Crippen molar-refractivity contribution in [3.63, 3.8) is 0 Å². The summed E-state index contributed by atoms with van der Waals surface area (Å²) in [4.78, 5) is 1.51. The van der Waals surface area contributed by atoms with Crippen molar-refractivity contribution in [1.29, 1.82) is 0 Å². The molecule has 0 atom stereocenters. The number of benzene rings is 1. The van der Waals surface area contributed by atoms with Crippen LogP contribution in [0.2, 0.25) is 0 Å². The fourth-order valence-corrected chi connectivity index (χ4v) is 3.90. The van der Waals surface area contributed by atoms with Crippen molar-refractivity contribution < 1.29 is 0 Å². The summed E-state index contributed by atoms with van der Waals surface area (Å²) in [6.07, 6.45) is 3.71. The van der Waals surface area contributed by atoms with Crippen molar-refractivity contribution in [2.24, 2.45) is 0 Å². The highest BCUT2D eigenvalue weighted by Gasteiger charge is 2.22. The van der Waals surface area contributed by atoms with Gasteiger partial charge in [0.15, 0.2) is 0 Å². The van der Waals surface area contributed by atoms with E-state index in [-0.39, 0.29) is 0 Å². The number of nitrogens with two attached hydrogens (primary N) is 1. The Hall–Kier alpha value is -1.28. The fourth-order valence-electron chi connectivity index (χ4n) is 2.73. The summed E-state index contributed by atoms with van der Waals surface area (Å²) in [7, 11) is 0. The highest BCUT2D eigenvalue weighted by atomic mass is 32.1. The van der Waals surface area contributed by atoms with Crippen molar-refractivity contribution in [2.45, 2.75) is 33.1 Å². The Balaban J connectivity index is 2.25. The lowest BCUT2D eigenvalue weighted by Crippen LogP contribution is -1.91. The van der Waals surface area contributed by atoms with Crippen molar-refractivity contribution in [3.05, 3.63) is 39.8 Å². The molecule has 1 aromatic carbocycles. The molecule has 0 radical (unpaired) electrons. The van der Waals surface area contributed by atoms with Crippen LogP contribution in [0.1, 0.15) is 28.0 Å². The summed E-state index contributed by atoms with van der Waals surface area (Å²) < 4.78 is 0. The van der Waals surface area contributed by atoms with Crippen molar-refractivity contribution in [2.75, 3.05) is 5.73 Å². The number of anilines is 1. The first-order valence-electron chi connectivity index (χ1n) is 6.14. The van der Waals surface area contributed by atoms with Gasteiger partial charge in [-0.25, -0.2) is 0 Å². The summed E-state index contributed by atoms with van der Waals surface area (Å²) in [6.45, 7) is 4.32. The molecule has 1 aliphatic carbocycles. The van der Waals surface area contributed by atoms with Crippen molar-refractivity contribution >= 4 is 16.3 Å². The van der Waals surface area contributed by atoms with E-state index in [9.17, 15) is 0 Å². The first kappa shape index (κ1) is 10.8. The number of nitrogen functional groups attached to an aromatic ring is 1. The molecule has 0 fully saturated rings. The van der Waals surface area contributed by atoms with Gasteiger partial charge in [-0.05, 0) is 49.8 Å². The number of rotatable bonds is 1. The van der Waals surface area contributed by atoms with E-state index in [1.165, 1.54) is 52.0 Å². The smallest absolute Gasteiger partial charge is 0.0941 e. The standard InChI is InChI=1S/C15H17NS/c1-9-6-7-10(2)12(8-9)14-11-4-3-5-13(11)17-15(14)16/h6-8H,3-5,16H2,1-2H3. The SMILES string of the molecule is Cc1ccc(C)c(-c2c(N)sc3c2CCC3)c1. The molecule has 2 N–H and O–H groups in total. The zero-order chi connectivity index (χ0) is 12.0. The van der Waals surface area contributed by atoms with E-state index < -0.39 is 0 Å². The lowest BCUT2D eigenvalue weighted by atomic mass is 9.96. The monoisotopic (exact) mass is 243 g/mol. The largest absolute Gasteiger partial charge is 0.390 e. The molecule has 1 nitrogen and oxygen atoms in total. The first-order valence-corrected chi connectivity index (χ1v) is 6.96. The molecule has 88 valence electrons. The van der Waals surface area contributed by atoms with Gasteiger partial charge >= 0.3 is 0 Å². The molecule has 0 spiro atoms. The lowest BCUT2D eigenvalue weighted by molar-refractivity contribution is 0.915. The van der Waals surface area contributed by atoms with Crippen LogP contribution in [0, 0.1) is 13.8 Å². The highest BCUT2D eigenvalue weighted by Crippen LogP contribution is 2.44. The average Bonchev–Trinajstić information content (AvgIpc) is 2.82. The molecule has 0 amide bonds. The molecule has 17 heavy (non-hydrogen) atoms. The van der Waals surface area contributed by atoms with Gasteiger partial charge in [-0.2, -0.15) is 0 Å². The van der Waals surface area contributed by atoms with E-state index in [0.717, 1.165) is 5.00 Å². The molecule has 1 aliphatic rings. The average molecular weight is 243 g/mol. The van der Waals surface area contributed by atoms with Crippen LogP contribution in [-0.4, -0.2) is 0 Å². The second kappa shape index (κ2) is 3.88. The second-order valence-corrected chi connectivity index (χ2v) is 6.05. The molecule has 0 saturated carbocycles. The number of thiophene rings is 1. The molecule has 1 aromatic heterocycles. The number of fused-ring (bicyclic) bond motifs is 1. The molecule has 0 unspecified atom stereocenters. The maximum absolute atomic E-state index is 6.22. The van der Waals surface area contributed by atoms with Crippen LogP contribution in [0.5, 0.6) is 0 Å². The van der Waals surface area contributed by atoms with E-state index in [2.05, 4.69) is 32.0 Å². The maximum atomic E-state index is 6.22. The van der Waals surface area contributed by atoms with Crippen LogP contribution in [0.25, 0.3) is 11.1 Å². The summed E-state index contributed by atoms with van der Waals surface area (Å²) in [6, 6.07) is 6.64. The maximum Gasteiger partial charge on any atom is 0.0941 e. The van der Waals surface area contributed by atoms with Crippen LogP contribution in [-0.2, 0) is 12.8 Å². The normalized spacial score (nSPS) is 14.0. The zero-order valence-electron chi connectivity index (χ0n) is 10.3. The summed E-state index contributed by atoms with van der Waals surface area (Å²) in [5, 5.41) is 1.00. The fraction of sp³-hybridized carbons (Fsp3) is 0.333. The molecule has 0 saturated heterocycles. The van der Waals surface area contributed by atoms with Crippen LogP contribution >= 0.6 is 11.3 Å². The molecular weight excluding hydrogens is 226 g/mol. The van der Waals surface area contributed by atoms with Gasteiger partial charge in [0.05, 0.1) is 5.00 Å². The third-order valence-electron chi connectivity index (χ3n) is 3.61. The van der Waals surface area contributed by atoms with Gasteiger partial charge in [-0.3, -0.25) is 0 Å². The van der Waals surface area contributed by atoms with E-state index in [4.69, 9.17) is 5.73 Å². The molecule has 2 aromatic rings. The molecule has 3 rings (SSSR count). The van der Waals surface area contributed by atoms with Gasteiger partial charge in [0.1, 0.15) is 0 Å². The van der Waals surface area contributed by atoms with Crippen LogP contribution in [0.4, 0.5) is 5.00 Å². The Morgan fingerprint density at radius 1 is 1.18 bits per heavy atom. The van der Waals surface area contributed by atoms with Crippen molar-refractivity contribution in [3.8, 4) is 11.1 Å². The summed E-state index contributed by atoms with van der Waals surface area (Å²) >= 11 is 1.79. The van der Waals surface area contributed by atoms with Gasteiger partial charge in [0, 0.05) is 10.4 Å². The third kappa shape index (κ3) is 1.67. The van der Waals surface area contributed by atoms with Crippen LogP contribution < -0.4 is 5.73 Å². The number of hydrogen-bond acceptors (Lipinski definition) is 2. The van der Waals surface area contributed by atoms with E-state index in [1.807, 2.05) is 0 Å². The quantitative estimate of drug-likeness (QED) is 0.801. The van der Waals surface area contributed by atoms with E-state index in [1.54, 1.807) is 11.3 Å². The Bertz CT molecular complexity index is 581.